The van der Waals surface area contributed by atoms with Crippen LogP contribution in [0.4, 0.5) is 0 Å². The van der Waals surface area contributed by atoms with Gasteiger partial charge in [0.1, 0.15) is 17.8 Å². The number of esters is 1. The molecule has 3 rings (SSSR count). The molecule has 2 aliphatic heterocycles. The van der Waals surface area contributed by atoms with Gasteiger partial charge < -0.3 is 14.6 Å². The Bertz CT molecular complexity index is 673. The minimum atomic E-state index is -0.860. The van der Waals surface area contributed by atoms with Crippen molar-refractivity contribution in [3.8, 4) is 0 Å². The van der Waals surface area contributed by atoms with Crippen molar-refractivity contribution in [1.82, 2.24) is 0 Å². The molecule has 3 aliphatic rings. The third-order valence-electron chi connectivity index (χ3n) is 7.54. The number of aliphatic hydroxyl groups is 1. The quantitative estimate of drug-likeness (QED) is 0.298. The Kier molecular flexibility index (Phi) is 7.12. The summed E-state index contributed by atoms with van der Waals surface area (Å²) < 4.78 is 12.7. The van der Waals surface area contributed by atoms with Crippen molar-refractivity contribution in [3.05, 3.63) is 24.3 Å². The fraction of sp³-hybridized carbons (Fsp3) is 0.792. The highest BCUT2D eigenvalue weighted by atomic mass is 17.1. The molecule has 30 heavy (non-hydrogen) atoms. The summed E-state index contributed by atoms with van der Waals surface area (Å²) >= 11 is 0. The maximum Gasteiger partial charge on any atom is 0.306 e. The van der Waals surface area contributed by atoms with Crippen molar-refractivity contribution < 1.29 is 29.5 Å². The molecule has 0 amide bonds. The predicted molar refractivity (Wildman–Crippen MR) is 114 cm³/mol. The largest absolute Gasteiger partial charge is 0.457 e. The van der Waals surface area contributed by atoms with Gasteiger partial charge in [-0.1, -0.05) is 33.9 Å². The highest BCUT2D eigenvalue weighted by Gasteiger charge is 2.60. The molecule has 2 N–H and O–H groups in total. The van der Waals surface area contributed by atoms with Gasteiger partial charge in [0.25, 0.3) is 0 Å². The van der Waals surface area contributed by atoms with Gasteiger partial charge in [-0.2, -0.15) is 0 Å². The van der Waals surface area contributed by atoms with Gasteiger partial charge in [-0.05, 0) is 62.0 Å². The van der Waals surface area contributed by atoms with Gasteiger partial charge in [-0.15, -0.1) is 0 Å². The van der Waals surface area contributed by atoms with Gasteiger partial charge in [0, 0.05) is 18.3 Å². The average molecular weight is 423 g/mol. The number of aliphatic hydroxyl groups excluding tert-OH is 1. The molecule has 0 aromatic carbocycles. The van der Waals surface area contributed by atoms with E-state index in [-0.39, 0.29) is 35.9 Å². The van der Waals surface area contributed by atoms with Crippen molar-refractivity contribution >= 4 is 5.97 Å². The van der Waals surface area contributed by atoms with E-state index >= 15 is 0 Å². The fourth-order valence-electron chi connectivity index (χ4n) is 5.91. The molecule has 0 aromatic rings. The summed E-state index contributed by atoms with van der Waals surface area (Å²) in [4.78, 5) is 17.3. The van der Waals surface area contributed by atoms with Crippen molar-refractivity contribution in [2.75, 3.05) is 0 Å². The zero-order valence-corrected chi connectivity index (χ0v) is 18.8. The SMILES string of the molecule is C=C1CC2OC(C3C(C(C)C)CC(O)C(=C)C23)C(C)(OC(=O)CCC)CCC1OO. The number of rotatable bonds is 5. The van der Waals surface area contributed by atoms with E-state index in [1.54, 1.807) is 0 Å². The van der Waals surface area contributed by atoms with E-state index in [0.29, 0.717) is 44.4 Å². The summed E-state index contributed by atoms with van der Waals surface area (Å²) in [7, 11) is 0. The monoisotopic (exact) mass is 422 g/mol. The van der Waals surface area contributed by atoms with Crippen molar-refractivity contribution in [1.29, 1.82) is 0 Å². The summed E-state index contributed by atoms with van der Waals surface area (Å²) in [5, 5.41) is 20.2. The topological polar surface area (TPSA) is 85.2 Å². The van der Waals surface area contributed by atoms with E-state index < -0.39 is 17.8 Å². The molecule has 170 valence electrons. The molecule has 6 nitrogen and oxygen atoms in total. The average Bonchev–Trinajstić information content (AvgIpc) is 3.06. The Morgan fingerprint density at radius 2 is 2.07 bits per heavy atom. The van der Waals surface area contributed by atoms with Crippen molar-refractivity contribution in [2.45, 2.75) is 96.2 Å². The summed E-state index contributed by atoms with van der Waals surface area (Å²) in [5.74, 6) is 0.390. The predicted octanol–water partition coefficient (Wildman–Crippen LogP) is 4.28. The van der Waals surface area contributed by atoms with E-state index in [9.17, 15) is 15.2 Å². The van der Waals surface area contributed by atoms with Gasteiger partial charge in [-0.3, -0.25) is 10.1 Å². The van der Waals surface area contributed by atoms with Gasteiger partial charge in [-0.25, -0.2) is 4.89 Å². The molecule has 2 bridgehead atoms. The Hall–Kier alpha value is -1.21. The molecule has 0 radical (unpaired) electrons. The second-order valence-corrected chi connectivity index (χ2v) is 9.96. The van der Waals surface area contributed by atoms with Crippen LogP contribution in [-0.4, -0.2) is 46.3 Å². The van der Waals surface area contributed by atoms with Crippen molar-refractivity contribution in [2.24, 2.45) is 23.7 Å². The summed E-state index contributed by atoms with van der Waals surface area (Å²) in [5.41, 5.74) is 0.683. The molecule has 1 saturated carbocycles. The van der Waals surface area contributed by atoms with Crippen LogP contribution in [0.2, 0.25) is 0 Å². The normalized spacial score (nSPS) is 41.8. The lowest BCUT2D eigenvalue weighted by Crippen LogP contribution is -2.52. The van der Waals surface area contributed by atoms with Crippen LogP contribution in [0.5, 0.6) is 0 Å². The van der Waals surface area contributed by atoms with E-state index in [4.69, 9.17) is 14.4 Å². The molecule has 3 fully saturated rings. The third-order valence-corrected chi connectivity index (χ3v) is 7.54. The smallest absolute Gasteiger partial charge is 0.306 e. The molecule has 0 aromatic heterocycles. The molecule has 2 heterocycles. The lowest BCUT2D eigenvalue weighted by Gasteiger charge is -2.46. The van der Waals surface area contributed by atoms with Crippen LogP contribution in [0.3, 0.4) is 0 Å². The molecular formula is C24H38O6. The van der Waals surface area contributed by atoms with Crippen LogP contribution < -0.4 is 0 Å². The number of carbonyl (C=O) groups is 1. The Morgan fingerprint density at radius 1 is 1.37 bits per heavy atom. The Balaban J connectivity index is 2.05. The van der Waals surface area contributed by atoms with E-state index in [1.165, 1.54) is 0 Å². The zero-order valence-electron chi connectivity index (χ0n) is 18.8. The highest BCUT2D eigenvalue weighted by Crippen LogP contribution is 2.55. The fourth-order valence-corrected chi connectivity index (χ4v) is 5.91. The molecule has 8 unspecified atom stereocenters. The molecule has 6 heteroatoms. The minimum absolute atomic E-state index is 0.0513. The van der Waals surface area contributed by atoms with Gasteiger partial charge >= 0.3 is 5.97 Å². The molecule has 1 aliphatic carbocycles. The van der Waals surface area contributed by atoms with Crippen LogP contribution >= 0.6 is 0 Å². The first-order valence-electron chi connectivity index (χ1n) is 11.3. The Labute approximate surface area is 180 Å². The Morgan fingerprint density at radius 3 is 2.67 bits per heavy atom. The first-order valence-corrected chi connectivity index (χ1v) is 11.3. The minimum Gasteiger partial charge on any atom is -0.457 e. The summed E-state index contributed by atoms with van der Waals surface area (Å²) in [6.07, 6.45) is 1.55. The maximum atomic E-state index is 12.5. The second-order valence-electron chi connectivity index (χ2n) is 9.96. The van der Waals surface area contributed by atoms with Crippen LogP contribution in [0.1, 0.15) is 66.2 Å². The van der Waals surface area contributed by atoms with E-state index in [0.717, 1.165) is 11.1 Å². The van der Waals surface area contributed by atoms with Crippen LogP contribution in [0.15, 0.2) is 24.3 Å². The lowest BCUT2D eigenvalue weighted by molar-refractivity contribution is -0.272. The zero-order chi connectivity index (χ0) is 22.2. The standard InChI is InChI=1S/C24H38O6/c1-7-8-20(26)29-24(6)10-9-18(30-27)14(4)11-19-21-15(5)17(25)12-16(13(2)3)22(21)23(24)28-19/h13,16-19,21-23,25,27H,4-5,7-12H2,1-3,6H3. The van der Waals surface area contributed by atoms with Gasteiger partial charge in [0.05, 0.1) is 12.2 Å². The van der Waals surface area contributed by atoms with Crippen LogP contribution in [0.25, 0.3) is 0 Å². The number of ether oxygens (including phenoxy) is 2. The molecule has 0 spiro atoms. The molecule has 8 atom stereocenters. The third kappa shape index (κ3) is 4.24. The number of fused-ring (bicyclic) bond motifs is 5. The van der Waals surface area contributed by atoms with E-state index in [1.807, 2.05) is 13.8 Å². The van der Waals surface area contributed by atoms with Crippen molar-refractivity contribution in [3.63, 3.8) is 0 Å². The van der Waals surface area contributed by atoms with Crippen LogP contribution in [0, 0.1) is 23.7 Å². The molecular weight excluding hydrogens is 384 g/mol. The maximum absolute atomic E-state index is 12.5. The lowest BCUT2D eigenvalue weighted by atomic mass is 9.60. The molecule has 2 saturated heterocycles. The first-order chi connectivity index (χ1) is 14.1. The highest BCUT2D eigenvalue weighted by molar-refractivity contribution is 5.69. The van der Waals surface area contributed by atoms with Gasteiger partial charge in [0.15, 0.2) is 0 Å². The van der Waals surface area contributed by atoms with Gasteiger partial charge in [0.2, 0.25) is 0 Å². The number of hydrogen-bond acceptors (Lipinski definition) is 6. The second kappa shape index (κ2) is 9.11. The summed E-state index contributed by atoms with van der Waals surface area (Å²) in [6.45, 7) is 16.6. The summed E-state index contributed by atoms with van der Waals surface area (Å²) in [6, 6.07) is 0. The number of carbonyl (C=O) groups excluding carboxylic acids is 1. The van der Waals surface area contributed by atoms with Crippen LogP contribution in [-0.2, 0) is 19.2 Å². The number of hydrogen-bond donors (Lipinski definition) is 2. The first kappa shape index (κ1) is 23.5. The van der Waals surface area contributed by atoms with E-state index in [2.05, 4.69) is 27.0 Å².